The third-order valence-corrected chi connectivity index (χ3v) is 4.11. The zero-order valence-electron chi connectivity index (χ0n) is 10.4. The Labute approximate surface area is 98.7 Å². The molecular formula is C13H24N2O. The van der Waals surface area contributed by atoms with E-state index in [0.29, 0.717) is 12.0 Å². The van der Waals surface area contributed by atoms with Crippen LogP contribution < -0.4 is 0 Å². The van der Waals surface area contributed by atoms with E-state index in [-0.39, 0.29) is 0 Å². The molecule has 2 fully saturated rings. The minimum absolute atomic E-state index is 0.426. The molecule has 0 unspecified atom stereocenters. The molecule has 1 heterocycles. The van der Waals surface area contributed by atoms with Gasteiger partial charge in [0.25, 0.3) is 0 Å². The molecule has 0 aromatic heterocycles. The van der Waals surface area contributed by atoms with Gasteiger partial charge in [-0.3, -0.25) is 5.41 Å². The normalized spacial score (nSPS) is 24.7. The van der Waals surface area contributed by atoms with Crippen LogP contribution in [0.5, 0.6) is 0 Å². The van der Waals surface area contributed by atoms with Crippen molar-refractivity contribution in [1.82, 2.24) is 4.90 Å². The van der Waals surface area contributed by atoms with Gasteiger partial charge in [-0.2, -0.15) is 0 Å². The van der Waals surface area contributed by atoms with Crippen molar-refractivity contribution in [3.63, 3.8) is 0 Å². The van der Waals surface area contributed by atoms with Crippen LogP contribution in [-0.4, -0.2) is 37.0 Å². The Balaban J connectivity index is 1.81. The van der Waals surface area contributed by atoms with Gasteiger partial charge in [0.2, 0.25) is 0 Å². The number of methoxy groups -OCH3 is 1. The Morgan fingerprint density at radius 1 is 1.06 bits per heavy atom. The predicted molar refractivity (Wildman–Crippen MR) is 65.9 cm³/mol. The van der Waals surface area contributed by atoms with Gasteiger partial charge >= 0.3 is 0 Å². The Hall–Kier alpha value is -0.570. The number of likely N-dealkylation sites (tertiary alicyclic amines) is 1. The topological polar surface area (TPSA) is 36.3 Å². The summed E-state index contributed by atoms with van der Waals surface area (Å²) >= 11 is 0. The van der Waals surface area contributed by atoms with Gasteiger partial charge in [0.15, 0.2) is 0 Å². The van der Waals surface area contributed by atoms with Gasteiger partial charge in [-0.1, -0.05) is 19.3 Å². The quantitative estimate of drug-likeness (QED) is 0.578. The van der Waals surface area contributed by atoms with Gasteiger partial charge in [-0.05, 0) is 25.7 Å². The molecule has 1 saturated heterocycles. The maximum Gasteiger partial charge on any atom is 0.0989 e. The zero-order chi connectivity index (χ0) is 11.4. The van der Waals surface area contributed by atoms with Crippen molar-refractivity contribution in [3.05, 3.63) is 0 Å². The molecule has 1 N–H and O–H groups in total. The van der Waals surface area contributed by atoms with Crippen LogP contribution in [0.15, 0.2) is 0 Å². The van der Waals surface area contributed by atoms with E-state index in [2.05, 4.69) is 4.90 Å². The highest BCUT2D eigenvalue weighted by Crippen LogP contribution is 2.27. The molecule has 0 atom stereocenters. The first-order chi connectivity index (χ1) is 7.81. The Morgan fingerprint density at radius 3 is 2.25 bits per heavy atom. The summed E-state index contributed by atoms with van der Waals surface area (Å²) in [6.07, 6.45) is 9.09. The summed E-state index contributed by atoms with van der Waals surface area (Å²) in [7, 11) is 1.80. The molecule has 0 spiro atoms. The lowest BCUT2D eigenvalue weighted by atomic mass is 9.87. The number of hydrogen-bond donors (Lipinski definition) is 1. The van der Waals surface area contributed by atoms with Crippen molar-refractivity contribution < 1.29 is 4.74 Å². The van der Waals surface area contributed by atoms with Crippen LogP contribution in [-0.2, 0) is 4.74 Å². The Morgan fingerprint density at radius 2 is 1.69 bits per heavy atom. The monoisotopic (exact) mass is 224 g/mol. The molecule has 0 aromatic carbocycles. The van der Waals surface area contributed by atoms with Crippen LogP contribution in [0, 0.1) is 11.3 Å². The maximum atomic E-state index is 8.29. The second kappa shape index (κ2) is 5.67. The van der Waals surface area contributed by atoms with Crippen molar-refractivity contribution in [3.8, 4) is 0 Å². The first kappa shape index (κ1) is 11.9. The van der Waals surface area contributed by atoms with E-state index >= 15 is 0 Å². The second-order valence-corrected chi connectivity index (χ2v) is 5.14. The first-order valence-corrected chi connectivity index (χ1v) is 6.67. The molecule has 0 aromatic rings. The summed E-state index contributed by atoms with van der Waals surface area (Å²) < 4.78 is 5.37. The summed E-state index contributed by atoms with van der Waals surface area (Å²) in [5.74, 6) is 1.46. The smallest absolute Gasteiger partial charge is 0.0989 e. The predicted octanol–water partition coefficient (Wildman–Crippen LogP) is 2.65. The zero-order valence-corrected chi connectivity index (χ0v) is 10.4. The van der Waals surface area contributed by atoms with Crippen LogP contribution in [0.2, 0.25) is 0 Å². The van der Waals surface area contributed by atoms with Crippen LogP contribution in [0.1, 0.15) is 44.9 Å². The summed E-state index contributed by atoms with van der Waals surface area (Å²) in [5, 5.41) is 8.29. The lowest BCUT2D eigenvalue weighted by Crippen LogP contribution is -2.43. The van der Waals surface area contributed by atoms with Gasteiger partial charge in [0.1, 0.15) is 0 Å². The van der Waals surface area contributed by atoms with Gasteiger partial charge in [-0.25, -0.2) is 0 Å². The van der Waals surface area contributed by atoms with Gasteiger partial charge in [0, 0.05) is 26.1 Å². The van der Waals surface area contributed by atoms with Crippen molar-refractivity contribution in [2.24, 2.45) is 5.92 Å². The molecular weight excluding hydrogens is 200 g/mol. The summed E-state index contributed by atoms with van der Waals surface area (Å²) in [6.45, 7) is 2.04. The molecule has 92 valence electrons. The molecule has 3 heteroatoms. The molecule has 1 saturated carbocycles. The largest absolute Gasteiger partial charge is 0.381 e. The van der Waals surface area contributed by atoms with Gasteiger partial charge in [-0.15, -0.1) is 0 Å². The van der Waals surface area contributed by atoms with Crippen molar-refractivity contribution >= 4 is 5.84 Å². The maximum absolute atomic E-state index is 8.29. The van der Waals surface area contributed by atoms with E-state index in [1.165, 1.54) is 32.1 Å². The number of ether oxygens (including phenoxy) is 1. The highest BCUT2D eigenvalue weighted by atomic mass is 16.5. The third-order valence-electron chi connectivity index (χ3n) is 4.11. The lowest BCUT2D eigenvalue weighted by Gasteiger charge is -2.36. The third kappa shape index (κ3) is 2.76. The van der Waals surface area contributed by atoms with Crippen LogP contribution >= 0.6 is 0 Å². The Bertz CT molecular complexity index is 228. The molecule has 1 aliphatic carbocycles. The number of amidine groups is 1. The Kier molecular flexibility index (Phi) is 4.22. The molecule has 3 nitrogen and oxygen atoms in total. The highest BCUT2D eigenvalue weighted by molar-refractivity contribution is 5.81. The average Bonchev–Trinajstić information content (AvgIpc) is 2.39. The lowest BCUT2D eigenvalue weighted by molar-refractivity contribution is 0.0563. The van der Waals surface area contributed by atoms with Crippen LogP contribution in [0.25, 0.3) is 0 Å². The summed E-state index contributed by atoms with van der Waals surface area (Å²) in [6, 6.07) is 0. The molecule has 0 bridgehead atoms. The molecule has 1 aliphatic heterocycles. The summed E-state index contributed by atoms with van der Waals surface area (Å²) in [4.78, 5) is 2.28. The van der Waals surface area contributed by atoms with E-state index in [9.17, 15) is 0 Å². The van der Waals surface area contributed by atoms with Gasteiger partial charge in [0.05, 0.1) is 11.9 Å². The second-order valence-electron chi connectivity index (χ2n) is 5.14. The van der Waals surface area contributed by atoms with Crippen LogP contribution in [0.4, 0.5) is 0 Å². The molecule has 0 amide bonds. The van der Waals surface area contributed by atoms with Crippen molar-refractivity contribution in [2.45, 2.75) is 51.0 Å². The molecule has 16 heavy (non-hydrogen) atoms. The number of nitrogens with zero attached hydrogens (tertiary/aromatic N) is 1. The molecule has 0 radical (unpaired) electrons. The fraction of sp³-hybridized carbons (Fsp3) is 0.923. The van der Waals surface area contributed by atoms with Crippen molar-refractivity contribution in [2.75, 3.05) is 20.2 Å². The number of piperidine rings is 1. The number of nitrogens with one attached hydrogen (secondary N) is 1. The van der Waals surface area contributed by atoms with E-state index < -0.39 is 0 Å². The SMILES string of the molecule is COC1CCN(C(=N)C2CCCCC2)CC1. The standard InChI is InChI=1S/C13H24N2O/c1-16-12-7-9-15(10-8-12)13(14)11-5-3-2-4-6-11/h11-12,14H,2-10H2,1H3. The first-order valence-electron chi connectivity index (χ1n) is 6.67. The molecule has 2 rings (SSSR count). The van der Waals surface area contributed by atoms with Crippen LogP contribution in [0.3, 0.4) is 0 Å². The molecule has 2 aliphatic rings. The minimum atomic E-state index is 0.426. The minimum Gasteiger partial charge on any atom is -0.381 e. The fourth-order valence-corrected chi connectivity index (χ4v) is 2.97. The van der Waals surface area contributed by atoms with E-state index in [4.69, 9.17) is 10.1 Å². The highest BCUT2D eigenvalue weighted by Gasteiger charge is 2.26. The van der Waals surface area contributed by atoms with Gasteiger partial charge < -0.3 is 9.64 Å². The van der Waals surface area contributed by atoms with E-state index in [1.807, 2.05) is 0 Å². The average molecular weight is 224 g/mol. The van der Waals surface area contributed by atoms with E-state index in [0.717, 1.165) is 31.8 Å². The number of hydrogen-bond acceptors (Lipinski definition) is 2. The number of rotatable bonds is 2. The fourth-order valence-electron chi connectivity index (χ4n) is 2.97. The van der Waals surface area contributed by atoms with Crippen molar-refractivity contribution in [1.29, 1.82) is 5.41 Å². The van der Waals surface area contributed by atoms with E-state index in [1.54, 1.807) is 7.11 Å². The summed E-state index contributed by atoms with van der Waals surface area (Å²) in [5.41, 5.74) is 0.